The lowest BCUT2D eigenvalue weighted by atomic mass is 10.3. The third-order valence-electron chi connectivity index (χ3n) is 1.65. The minimum Gasteiger partial charge on any atom is -0.387 e. The van der Waals surface area contributed by atoms with Gasteiger partial charge in [0.05, 0.1) is 12.3 Å². The van der Waals surface area contributed by atoms with Crippen molar-refractivity contribution in [2.24, 2.45) is 0 Å². The summed E-state index contributed by atoms with van der Waals surface area (Å²) in [5.41, 5.74) is 5.86. The normalized spacial score (nSPS) is 13.0. The van der Waals surface area contributed by atoms with Gasteiger partial charge < -0.3 is 10.8 Å². The molecule has 1 unspecified atom stereocenters. The highest BCUT2D eigenvalue weighted by molar-refractivity contribution is 5.43. The molecule has 3 N–H and O–H groups in total. The van der Waals surface area contributed by atoms with E-state index in [1.54, 1.807) is 6.92 Å². The molecule has 0 saturated heterocycles. The molecule has 74 valence electrons. The van der Waals surface area contributed by atoms with Gasteiger partial charge in [-0.25, -0.2) is 4.63 Å². The molecule has 0 aromatic carbocycles. The zero-order valence-corrected chi connectivity index (χ0v) is 7.32. The molecule has 0 aliphatic heterocycles. The molecule has 0 saturated carbocycles. The van der Waals surface area contributed by atoms with Gasteiger partial charge in [0.15, 0.2) is 0 Å². The highest BCUT2D eigenvalue weighted by Crippen LogP contribution is 2.12. The van der Waals surface area contributed by atoms with E-state index in [1.165, 1.54) is 10.9 Å². The zero-order chi connectivity index (χ0) is 10.1. The number of nitrogens with two attached hydrogens (primary N) is 1. The Morgan fingerprint density at radius 3 is 2.86 bits per heavy atom. The molecule has 2 aromatic rings. The fourth-order valence-corrected chi connectivity index (χ4v) is 0.922. The number of aromatic nitrogens is 5. The second-order valence-corrected chi connectivity index (χ2v) is 2.74. The van der Waals surface area contributed by atoms with E-state index in [0.29, 0.717) is 5.69 Å². The van der Waals surface area contributed by atoms with Crippen LogP contribution in [0.2, 0.25) is 0 Å². The summed E-state index contributed by atoms with van der Waals surface area (Å²) in [6.45, 7) is 1.58. The number of anilines is 1. The highest BCUT2D eigenvalue weighted by Gasteiger charge is 2.12. The van der Waals surface area contributed by atoms with Gasteiger partial charge in [0, 0.05) is 0 Å². The Balaban J connectivity index is 2.39. The van der Waals surface area contributed by atoms with E-state index < -0.39 is 6.10 Å². The van der Waals surface area contributed by atoms with Crippen LogP contribution in [0.25, 0.3) is 5.82 Å². The fourth-order valence-electron chi connectivity index (χ4n) is 0.922. The first kappa shape index (κ1) is 8.63. The minimum atomic E-state index is -0.690. The van der Waals surface area contributed by atoms with Crippen molar-refractivity contribution in [2.75, 3.05) is 5.73 Å². The molecule has 0 amide bonds. The molecule has 0 bridgehead atoms. The number of hydrogen-bond acceptors (Lipinski definition) is 7. The van der Waals surface area contributed by atoms with Crippen molar-refractivity contribution in [1.29, 1.82) is 0 Å². The number of aliphatic hydroxyl groups is 1. The van der Waals surface area contributed by atoms with Gasteiger partial charge in [0.25, 0.3) is 0 Å². The van der Waals surface area contributed by atoms with Crippen molar-refractivity contribution in [2.45, 2.75) is 13.0 Å². The third kappa shape index (κ3) is 1.31. The zero-order valence-electron chi connectivity index (χ0n) is 7.32. The first-order valence-electron chi connectivity index (χ1n) is 3.87. The Morgan fingerprint density at radius 2 is 2.36 bits per heavy atom. The number of hydrogen-bond donors (Lipinski definition) is 2. The second-order valence-electron chi connectivity index (χ2n) is 2.74. The van der Waals surface area contributed by atoms with Crippen LogP contribution in [0.15, 0.2) is 10.8 Å². The summed E-state index contributed by atoms with van der Waals surface area (Å²) < 4.78 is 5.68. The molecule has 2 heterocycles. The Morgan fingerprint density at radius 1 is 1.57 bits per heavy atom. The second kappa shape index (κ2) is 3.07. The van der Waals surface area contributed by atoms with Crippen molar-refractivity contribution >= 4 is 5.82 Å². The quantitative estimate of drug-likeness (QED) is 0.651. The van der Waals surface area contributed by atoms with Gasteiger partial charge >= 0.3 is 0 Å². The number of nitrogens with zero attached hydrogens (tertiary/aromatic N) is 5. The molecule has 0 spiro atoms. The van der Waals surface area contributed by atoms with Crippen LogP contribution in [0, 0.1) is 0 Å². The third-order valence-corrected chi connectivity index (χ3v) is 1.65. The van der Waals surface area contributed by atoms with Crippen molar-refractivity contribution in [3.63, 3.8) is 0 Å². The molecule has 0 aliphatic rings. The van der Waals surface area contributed by atoms with Crippen molar-refractivity contribution < 1.29 is 9.74 Å². The fraction of sp³-hybridized carbons (Fsp3) is 0.333. The summed E-state index contributed by atoms with van der Waals surface area (Å²) in [5, 5.41) is 23.5. The Hall–Kier alpha value is -1.96. The van der Waals surface area contributed by atoms with Gasteiger partial charge in [-0.15, -0.1) is 5.10 Å². The lowest BCUT2D eigenvalue weighted by Crippen LogP contribution is -1.99. The largest absolute Gasteiger partial charge is 0.387 e. The van der Waals surface area contributed by atoms with Crippen LogP contribution in [-0.4, -0.2) is 30.4 Å². The van der Waals surface area contributed by atoms with E-state index in [1.807, 2.05) is 0 Å². The van der Waals surface area contributed by atoms with Gasteiger partial charge in [-0.3, -0.25) is 0 Å². The van der Waals surface area contributed by atoms with Crippen LogP contribution >= 0.6 is 0 Å². The van der Waals surface area contributed by atoms with E-state index in [4.69, 9.17) is 5.73 Å². The summed E-state index contributed by atoms with van der Waals surface area (Å²) in [6, 6.07) is 0. The van der Waals surface area contributed by atoms with Crippen LogP contribution in [0.5, 0.6) is 0 Å². The standard InChI is InChI=1S/C6H8N6O2/c1-3(13)4-2-12(11-8-4)6-5(7)9-14-10-6/h2-3,13H,1H3,(H2,7,9). The van der Waals surface area contributed by atoms with Crippen LogP contribution in [-0.2, 0) is 0 Å². The summed E-state index contributed by atoms with van der Waals surface area (Å²) in [6.07, 6.45) is 0.811. The lowest BCUT2D eigenvalue weighted by molar-refractivity contribution is 0.194. The molecule has 0 radical (unpaired) electrons. The lowest BCUT2D eigenvalue weighted by Gasteiger charge is -1.94. The Labute approximate surface area is 78.3 Å². The average molecular weight is 196 g/mol. The van der Waals surface area contributed by atoms with Gasteiger partial charge in [0.1, 0.15) is 5.69 Å². The molecular formula is C6H8N6O2. The summed E-state index contributed by atoms with van der Waals surface area (Å²) in [5.74, 6) is 0.372. The molecule has 2 aromatic heterocycles. The predicted molar refractivity (Wildman–Crippen MR) is 44.3 cm³/mol. The van der Waals surface area contributed by atoms with E-state index in [9.17, 15) is 5.11 Å². The van der Waals surface area contributed by atoms with E-state index in [2.05, 4.69) is 25.3 Å². The molecular weight excluding hydrogens is 188 g/mol. The molecule has 8 heteroatoms. The number of rotatable bonds is 2. The topological polar surface area (TPSA) is 116 Å². The summed E-state index contributed by atoms with van der Waals surface area (Å²) in [4.78, 5) is 0. The minimum absolute atomic E-state index is 0.118. The van der Waals surface area contributed by atoms with Gasteiger partial charge in [-0.05, 0) is 17.2 Å². The summed E-state index contributed by atoms with van der Waals surface area (Å²) in [7, 11) is 0. The number of aliphatic hydroxyl groups excluding tert-OH is 1. The maximum absolute atomic E-state index is 9.20. The predicted octanol–water partition coefficient (Wildman–Crippen LogP) is -0.714. The number of nitrogen functional groups attached to an aromatic ring is 1. The summed E-state index contributed by atoms with van der Waals surface area (Å²) >= 11 is 0. The highest BCUT2D eigenvalue weighted by atomic mass is 16.6. The first-order valence-corrected chi connectivity index (χ1v) is 3.87. The van der Waals surface area contributed by atoms with Gasteiger partial charge in [0.2, 0.25) is 11.6 Å². The SMILES string of the molecule is CC(O)c1cn(-c2nonc2N)nn1. The first-order chi connectivity index (χ1) is 6.68. The van der Waals surface area contributed by atoms with E-state index >= 15 is 0 Å². The van der Waals surface area contributed by atoms with Crippen LogP contribution in [0.1, 0.15) is 18.7 Å². The van der Waals surface area contributed by atoms with Crippen LogP contribution in [0.4, 0.5) is 5.82 Å². The molecule has 1 atom stereocenters. The van der Waals surface area contributed by atoms with Crippen LogP contribution in [0.3, 0.4) is 0 Å². The molecule has 2 rings (SSSR count). The molecule has 14 heavy (non-hydrogen) atoms. The van der Waals surface area contributed by atoms with Crippen molar-refractivity contribution in [3.8, 4) is 5.82 Å². The Bertz CT molecular complexity index is 433. The molecule has 8 nitrogen and oxygen atoms in total. The van der Waals surface area contributed by atoms with Gasteiger partial charge in [-0.1, -0.05) is 5.21 Å². The maximum atomic E-state index is 9.20. The smallest absolute Gasteiger partial charge is 0.243 e. The van der Waals surface area contributed by atoms with Gasteiger partial charge in [-0.2, -0.15) is 4.68 Å². The monoisotopic (exact) mass is 196 g/mol. The van der Waals surface area contributed by atoms with E-state index in [-0.39, 0.29) is 11.6 Å². The van der Waals surface area contributed by atoms with Crippen molar-refractivity contribution in [1.82, 2.24) is 25.3 Å². The van der Waals surface area contributed by atoms with Crippen molar-refractivity contribution in [3.05, 3.63) is 11.9 Å². The van der Waals surface area contributed by atoms with E-state index in [0.717, 1.165) is 0 Å². The average Bonchev–Trinajstić information content (AvgIpc) is 2.71. The molecule has 0 aliphatic carbocycles. The Kier molecular flexibility index (Phi) is 1.89. The molecule has 0 fully saturated rings. The van der Waals surface area contributed by atoms with Crippen LogP contribution < -0.4 is 5.73 Å². The maximum Gasteiger partial charge on any atom is 0.243 e.